The number of fused-ring (bicyclic) bond motifs is 2. The summed E-state index contributed by atoms with van der Waals surface area (Å²) in [4.78, 5) is 40.4. The maximum Gasteiger partial charge on any atom is 0.274 e. The van der Waals surface area contributed by atoms with Crippen LogP contribution in [0.4, 0.5) is 8.78 Å². The van der Waals surface area contributed by atoms with Crippen molar-refractivity contribution < 1.29 is 28.2 Å². The maximum absolute atomic E-state index is 14.2. The summed E-state index contributed by atoms with van der Waals surface area (Å²) >= 11 is 5.56. The fourth-order valence-corrected chi connectivity index (χ4v) is 4.72. The third-order valence-electron chi connectivity index (χ3n) is 6.28. The van der Waals surface area contributed by atoms with Gasteiger partial charge in [0, 0.05) is 24.8 Å². The summed E-state index contributed by atoms with van der Waals surface area (Å²) in [6.07, 6.45) is 3.48. The number of aromatic nitrogens is 1. The van der Waals surface area contributed by atoms with E-state index in [9.17, 15) is 28.3 Å². The van der Waals surface area contributed by atoms with Crippen molar-refractivity contribution in [2.75, 3.05) is 13.7 Å². The zero-order valence-electron chi connectivity index (χ0n) is 18.2. The largest absolute Gasteiger partial charge is 0.503 e. The van der Waals surface area contributed by atoms with Crippen LogP contribution in [0.15, 0.2) is 35.5 Å². The molecule has 1 fully saturated rings. The van der Waals surface area contributed by atoms with Crippen molar-refractivity contribution in [2.24, 2.45) is 0 Å². The van der Waals surface area contributed by atoms with E-state index >= 15 is 0 Å². The molecule has 0 radical (unpaired) electrons. The van der Waals surface area contributed by atoms with E-state index in [-0.39, 0.29) is 17.3 Å². The minimum absolute atomic E-state index is 0.0966. The summed E-state index contributed by atoms with van der Waals surface area (Å²) in [5.74, 6) is -4.00. The SMILES string of the molecule is C=C(OC)[C@H]1C2CCCCN2C(=O)c2c(O)c(=O)c(C(=O)NCc3ccc(F)c(Cl)c3F)cn21. The Morgan fingerprint density at radius 2 is 2.06 bits per heavy atom. The second kappa shape index (κ2) is 9.09. The molecule has 0 spiro atoms. The van der Waals surface area contributed by atoms with Gasteiger partial charge in [-0.2, -0.15) is 0 Å². The number of nitrogens with one attached hydrogen (secondary N) is 1. The van der Waals surface area contributed by atoms with Crippen molar-refractivity contribution in [3.8, 4) is 5.75 Å². The normalized spacial score (nSPS) is 19.3. The average Bonchev–Trinajstić information content (AvgIpc) is 2.83. The maximum atomic E-state index is 14.2. The Morgan fingerprint density at radius 1 is 1.32 bits per heavy atom. The predicted octanol–water partition coefficient (Wildman–Crippen LogP) is 3.13. The minimum Gasteiger partial charge on any atom is -0.503 e. The van der Waals surface area contributed by atoms with E-state index in [0.717, 1.165) is 25.0 Å². The van der Waals surface area contributed by atoms with Crippen LogP contribution < -0.4 is 10.7 Å². The van der Waals surface area contributed by atoms with E-state index in [1.165, 1.54) is 17.9 Å². The molecule has 2 aliphatic rings. The van der Waals surface area contributed by atoms with Gasteiger partial charge in [-0.1, -0.05) is 24.2 Å². The number of aromatic hydroxyl groups is 1. The fraction of sp³-hybridized carbons (Fsp3) is 0.348. The van der Waals surface area contributed by atoms with Gasteiger partial charge in [0.1, 0.15) is 34.0 Å². The van der Waals surface area contributed by atoms with Crippen LogP contribution >= 0.6 is 11.6 Å². The van der Waals surface area contributed by atoms with Crippen molar-refractivity contribution in [1.29, 1.82) is 0 Å². The first kappa shape index (κ1) is 23.7. The van der Waals surface area contributed by atoms with Gasteiger partial charge in [-0.15, -0.1) is 0 Å². The topological polar surface area (TPSA) is 101 Å². The van der Waals surface area contributed by atoms with E-state index in [1.54, 1.807) is 4.90 Å². The van der Waals surface area contributed by atoms with Gasteiger partial charge in [0.2, 0.25) is 5.43 Å². The molecule has 1 aromatic carbocycles. The van der Waals surface area contributed by atoms with Gasteiger partial charge in [-0.3, -0.25) is 14.4 Å². The van der Waals surface area contributed by atoms with Gasteiger partial charge in [-0.05, 0) is 25.3 Å². The number of halogens is 3. The molecular formula is C23H22ClF2N3O5. The summed E-state index contributed by atoms with van der Waals surface area (Å²) in [6.45, 7) is 3.98. The van der Waals surface area contributed by atoms with Crippen LogP contribution in [-0.4, -0.2) is 46.1 Å². The van der Waals surface area contributed by atoms with Crippen molar-refractivity contribution in [1.82, 2.24) is 14.8 Å². The molecule has 2 atom stereocenters. The number of piperidine rings is 1. The van der Waals surface area contributed by atoms with Gasteiger partial charge in [0.05, 0.1) is 13.2 Å². The zero-order valence-corrected chi connectivity index (χ0v) is 19.0. The number of hydrogen-bond acceptors (Lipinski definition) is 5. The Morgan fingerprint density at radius 3 is 2.76 bits per heavy atom. The molecule has 1 aromatic heterocycles. The molecule has 0 saturated carbocycles. The second-order valence-corrected chi connectivity index (χ2v) is 8.55. The number of nitrogens with zero attached hydrogens (tertiary/aromatic N) is 2. The van der Waals surface area contributed by atoms with E-state index in [2.05, 4.69) is 11.9 Å². The second-order valence-electron chi connectivity index (χ2n) is 8.17. The van der Waals surface area contributed by atoms with Crippen LogP contribution in [-0.2, 0) is 11.3 Å². The van der Waals surface area contributed by atoms with E-state index < -0.39 is 57.8 Å². The summed E-state index contributed by atoms with van der Waals surface area (Å²) in [7, 11) is 1.42. The molecule has 2 aliphatic heterocycles. The van der Waals surface area contributed by atoms with Crippen molar-refractivity contribution in [3.63, 3.8) is 0 Å². The van der Waals surface area contributed by atoms with E-state index in [1.807, 2.05) is 0 Å². The third kappa shape index (κ3) is 3.81. The third-order valence-corrected chi connectivity index (χ3v) is 6.62. The summed E-state index contributed by atoms with van der Waals surface area (Å²) in [6, 6.07) is 1.11. The Labute approximate surface area is 198 Å². The van der Waals surface area contributed by atoms with Crippen molar-refractivity contribution >= 4 is 23.4 Å². The van der Waals surface area contributed by atoms with Gasteiger partial charge < -0.3 is 24.6 Å². The van der Waals surface area contributed by atoms with Gasteiger partial charge in [0.25, 0.3) is 11.8 Å². The summed E-state index contributed by atoms with van der Waals surface area (Å²) in [5.41, 5.74) is -1.85. The molecule has 8 nitrogen and oxygen atoms in total. The Balaban J connectivity index is 1.73. The number of methoxy groups -OCH3 is 1. The van der Waals surface area contributed by atoms with Crippen LogP contribution in [0.1, 0.15) is 51.7 Å². The highest BCUT2D eigenvalue weighted by Gasteiger charge is 2.44. The lowest BCUT2D eigenvalue weighted by Gasteiger charge is -2.46. The predicted molar refractivity (Wildman–Crippen MR) is 119 cm³/mol. The first-order valence-corrected chi connectivity index (χ1v) is 11.0. The number of rotatable bonds is 5. The minimum atomic E-state index is -1.05. The molecule has 2 aromatic rings. The molecule has 3 heterocycles. The molecule has 0 aliphatic carbocycles. The molecule has 34 heavy (non-hydrogen) atoms. The lowest BCUT2D eigenvalue weighted by atomic mass is 9.90. The van der Waals surface area contributed by atoms with Crippen LogP contribution in [0.2, 0.25) is 5.02 Å². The number of amides is 2. The van der Waals surface area contributed by atoms with E-state index in [0.29, 0.717) is 18.7 Å². The first-order chi connectivity index (χ1) is 16.2. The van der Waals surface area contributed by atoms with Gasteiger partial charge in [-0.25, -0.2) is 8.78 Å². The first-order valence-electron chi connectivity index (χ1n) is 10.6. The lowest BCUT2D eigenvalue weighted by Crippen LogP contribution is -2.54. The monoisotopic (exact) mass is 493 g/mol. The average molecular weight is 494 g/mol. The standard InChI is InChI=1S/C23H22ClF2N3O5/c1-11(34-2)18-15-5-3-4-8-28(15)23(33)19-21(31)20(30)13(10-29(18)19)22(32)27-9-12-6-7-14(25)16(24)17(12)26/h6-7,10,15,18,31H,1,3-5,8-9H2,2H3,(H,27,32)/t15?,18-/m0/s1. The highest BCUT2D eigenvalue weighted by atomic mass is 35.5. The van der Waals surface area contributed by atoms with Crippen LogP contribution in [0.3, 0.4) is 0 Å². The molecule has 2 N–H and O–H groups in total. The highest BCUT2D eigenvalue weighted by Crippen LogP contribution is 2.39. The highest BCUT2D eigenvalue weighted by molar-refractivity contribution is 6.30. The lowest BCUT2D eigenvalue weighted by molar-refractivity contribution is 0.0383. The number of ether oxygens (including phenoxy) is 1. The number of pyridine rings is 1. The number of benzene rings is 1. The van der Waals surface area contributed by atoms with Gasteiger partial charge >= 0.3 is 0 Å². The molecule has 1 unspecified atom stereocenters. The molecule has 180 valence electrons. The van der Waals surface area contributed by atoms with Crippen molar-refractivity contribution in [2.45, 2.75) is 37.9 Å². The van der Waals surface area contributed by atoms with Crippen LogP contribution in [0.25, 0.3) is 0 Å². The molecule has 1 saturated heterocycles. The number of carbonyl (C=O) groups is 2. The Bertz CT molecular complexity index is 1260. The molecule has 4 rings (SSSR count). The molecule has 0 bridgehead atoms. The number of hydrogen-bond donors (Lipinski definition) is 2. The molecule has 2 amide bonds. The Kier molecular flexibility index (Phi) is 6.35. The zero-order chi connectivity index (χ0) is 24.7. The smallest absolute Gasteiger partial charge is 0.274 e. The van der Waals surface area contributed by atoms with Crippen molar-refractivity contribution in [3.05, 3.63) is 74.4 Å². The quantitative estimate of drug-likeness (QED) is 0.492. The summed E-state index contributed by atoms with van der Waals surface area (Å²) < 4.78 is 34.2. The number of carbonyl (C=O) groups excluding carboxylic acids is 2. The Hall–Kier alpha value is -3.40. The van der Waals surface area contributed by atoms with Crippen LogP contribution in [0.5, 0.6) is 5.75 Å². The fourth-order valence-electron chi connectivity index (χ4n) is 4.54. The van der Waals surface area contributed by atoms with E-state index in [4.69, 9.17) is 16.3 Å². The van der Waals surface area contributed by atoms with Gasteiger partial charge in [0.15, 0.2) is 11.4 Å². The molecule has 11 heteroatoms. The van der Waals surface area contributed by atoms with Crippen LogP contribution in [0, 0.1) is 11.6 Å². The summed E-state index contributed by atoms with van der Waals surface area (Å²) in [5, 5.41) is 12.3. The molecular weight excluding hydrogens is 472 g/mol.